The van der Waals surface area contributed by atoms with Gasteiger partial charge in [0.25, 0.3) is 0 Å². The molecule has 2 amide bonds. The summed E-state index contributed by atoms with van der Waals surface area (Å²) in [4.78, 5) is 35.7. The molecule has 3 rings (SSSR count). The molecule has 0 atom stereocenters. The molecule has 0 unspecified atom stereocenters. The molecule has 0 aliphatic rings. The molecular weight excluding hydrogens is 454 g/mol. The average molecular weight is 474 g/mol. The van der Waals surface area contributed by atoms with E-state index in [0.717, 1.165) is 17.3 Å². The van der Waals surface area contributed by atoms with Crippen LogP contribution in [0.25, 0.3) is 0 Å². The van der Waals surface area contributed by atoms with Crippen LogP contribution in [0.1, 0.15) is 21.7 Å². The molecule has 0 fully saturated rings. The maximum atomic E-state index is 12.3. The summed E-state index contributed by atoms with van der Waals surface area (Å²) in [6, 6.07) is 11.5. The molecule has 0 saturated heterocycles. The van der Waals surface area contributed by atoms with Gasteiger partial charge in [-0.15, -0.1) is 10.2 Å². The quantitative estimate of drug-likeness (QED) is 0.428. The lowest BCUT2D eigenvalue weighted by Gasteiger charge is -2.08. The number of aryl methyl sites for hydroxylation is 1. The van der Waals surface area contributed by atoms with Crippen LogP contribution in [0.5, 0.6) is 0 Å². The molecule has 166 valence electrons. The van der Waals surface area contributed by atoms with Crippen LogP contribution in [-0.4, -0.2) is 43.4 Å². The van der Waals surface area contributed by atoms with Gasteiger partial charge in [0.1, 0.15) is 5.82 Å². The number of carboxylic acids is 1. The Bertz CT molecular complexity index is 1160. The zero-order chi connectivity index (χ0) is 23.3. The fraction of sp³-hybridized carbons (Fsp3) is 0.190. The number of benzene rings is 2. The Hall–Kier alpha value is -3.37. The molecule has 0 aliphatic carbocycles. The van der Waals surface area contributed by atoms with Gasteiger partial charge < -0.3 is 20.3 Å². The number of carbonyl (C=O) groups is 3. The first-order valence-corrected chi connectivity index (χ1v) is 10.8. The van der Waals surface area contributed by atoms with Crippen molar-refractivity contribution >= 4 is 52.5 Å². The highest BCUT2D eigenvalue weighted by atomic mass is 35.5. The second-order valence-electron chi connectivity index (χ2n) is 6.89. The largest absolute Gasteiger partial charge is 0.478 e. The lowest BCUT2D eigenvalue weighted by atomic mass is 10.2. The Morgan fingerprint density at radius 3 is 2.47 bits per heavy atom. The van der Waals surface area contributed by atoms with Gasteiger partial charge in [0.2, 0.25) is 11.8 Å². The monoisotopic (exact) mass is 473 g/mol. The molecule has 1 heterocycles. The third-order valence-electron chi connectivity index (χ3n) is 4.40. The van der Waals surface area contributed by atoms with Gasteiger partial charge in [-0.1, -0.05) is 41.1 Å². The van der Waals surface area contributed by atoms with E-state index in [2.05, 4.69) is 20.8 Å². The number of thioether (sulfide) groups is 1. The van der Waals surface area contributed by atoms with E-state index in [-0.39, 0.29) is 40.3 Å². The van der Waals surface area contributed by atoms with Crippen molar-refractivity contribution in [2.24, 2.45) is 7.05 Å². The third-order valence-corrected chi connectivity index (χ3v) is 5.75. The summed E-state index contributed by atoms with van der Waals surface area (Å²) in [5.41, 5.74) is 2.02. The minimum absolute atomic E-state index is 0.00480. The predicted octanol–water partition coefficient (Wildman–Crippen LogP) is 3.39. The van der Waals surface area contributed by atoms with Crippen molar-refractivity contribution in [1.82, 2.24) is 14.8 Å². The molecule has 2 aromatic carbocycles. The summed E-state index contributed by atoms with van der Waals surface area (Å²) in [6.45, 7) is 1.96. The molecule has 0 saturated carbocycles. The molecule has 3 N–H and O–H groups in total. The second-order valence-corrected chi connectivity index (χ2v) is 8.24. The number of carbonyl (C=O) groups excluding carboxylic acids is 2. The molecule has 1 aromatic heterocycles. The molecule has 32 heavy (non-hydrogen) atoms. The van der Waals surface area contributed by atoms with E-state index in [0.29, 0.717) is 16.7 Å². The van der Waals surface area contributed by atoms with E-state index in [9.17, 15) is 14.4 Å². The molecule has 9 nitrogen and oxygen atoms in total. The van der Waals surface area contributed by atoms with Crippen molar-refractivity contribution in [3.05, 3.63) is 64.4 Å². The van der Waals surface area contributed by atoms with Crippen LogP contribution in [0.4, 0.5) is 11.4 Å². The first-order valence-electron chi connectivity index (χ1n) is 9.43. The van der Waals surface area contributed by atoms with Gasteiger partial charge in [0.05, 0.1) is 28.4 Å². The Morgan fingerprint density at radius 2 is 1.78 bits per heavy atom. The summed E-state index contributed by atoms with van der Waals surface area (Å²) in [6.07, 6.45) is 0.0295. The molecule has 0 aliphatic heterocycles. The van der Waals surface area contributed by atoms with Gasteiger partial charge in [0.15, 0.2) is 5.16 Å². The Kier molecular flexibility index (Phi) is 7.49. The number of rotatable bonds is 8. The third kappa shape index (κ3) is 6.08. The molecule has 0 radical (unpaired) electrons. The lowest BCUT2D eigenvalue weighted by molar-refractivity contribution is -0.116. The van der Waals surface area contributed by atoms with Crippen LogP contribution in [0, 0.1) is 6.92 Å². The number of anilines is 2. The number of amides is 2. The van der Waals surface area contributed by atoms with Crippen molar-refractivity contribution < 1.29 is 19.5 Å². The SMILES string of the molecule is Cc1ccc(NC(=O)Cc2nnc(SCC(=O)Nc3cc(C(=O)O)ccc3Cl)n2C)cc1. The Morgan fingerprint density at radius 1 is 1.06 bits per heavy atom. The van der Waals surface area contributed by atoms with E-state index in [1.807, 2.05) is 31.2 Å². The highest BCUT2D eigenvalue weighted by Crippen LogP contribution is 2.24. The van der Waals surface area contributed by atoms with Crippen molar-refractivity contribution in [1.29, 1.82) is 0 Å². The van der Waals surface area contributed by atoms with E-state index in [4.69, 9.17) is 16.7 Å². The summed E-state index contributed by atoms with van der Waals surface area (Å²) >= 11 is 7.16. The number of nitrogens with zero attached hydrogens (tertiary/aromatic N) is 3. The first-order chi connectivity index (χ1) is 15.2. The number of hydrogen-bond donors (Lipinski definition) is 3. The van der Waals surface area contributed by atoms with Gasteiger partial charge in [-0.25, -0.2) is 4.79 Å². The Balaban J connectivity index is 1.56. The second kappa shape index (κ2) is 10.3. The van der Waals surface area contributed by atoms with E-state index in [1.54, 1.807) is 11.6 Å². The van der Waals surface area contributed by atoms with Crippen LogP contribution < -0.4 is 10.6 Å². The van der Waals surface area contributed by atoms with Gasteiger partial charge in [-0.3, -0.25) is 9.59 Å². The standard InChI is InChI=1S/C21H20ClN5O4S/c1-12-3-6-14(7-4-12)23-18(28)10-17-25-26-21(27(17)2)32-11-19(29)24-16-9-13(20(30)31)5-8-15(16)22/h3-9H,10-11H2,1-2H3,(H,23,28)(H,24,29)(H,30,31). The molecule has 0 bridgehead atoms. The maximum absolute atomic E-state index is 12.3. The highest BCUT2D eigenvalue weighted by Gasteiger charge is 2.16. The Labute approximate surface area is 193 Å². The van der Waals surface area contributed by atoms with Crippen LogP contribution in [-0.2, 0) is 23.1 Å². The predicted molar refractivity (Wildman–Crippen MR) is 122 cm³/mol. The fourth-order valence-electron chi connectivity index (χ4n) is 2.68. The zero-order valence-electron chi connectivity index (χ0n) is 17.3. The smallest absolute Gasteiger partial charge is 0.335 e. The fourth-order valence-corrected chi connectivity index (χ4v) is 3.58. The van der Waals surface area contributed by atoms with Crippen molar-refractivity contribution in [3.63, 3.8) is 0 Å². The summed E-state index contributed by atoms with van der Waals surface area (Å²) in [5.74, 6) is -1.29. The number of carboxylic acid groups (broad SMARTS) is 1. The van der Waals surface area contributed by atoms with Crippen LogP contribution in [0.2, 0.25) is 5.02 Å². The number of hydrogen-bond acceptors (Lipinski definition) is 6. The van der Waals surface area contributed by atoms with Crippen molar-refractivity contribution in [2.75, 3.05) is 16.4 Å². The zero-order valence-corrected chi connectivity index (χ0v) is 18.8. The average Bonchev–Trinajstić information content (AvgIpc) is 3.09. The van der Waals surface area contributed by atoms with E-state index < -0.39 is 5.97 Å². The van der Waals surface area contributed by atoms with Crippen molar-refractivity contribution in [3.8, 4) is 0 Å². The molecular formula is C21H20ClN5O4S. The van der Waals surface area contributed by atoms with Crippen LogP contribution in [0.3, 0.4) is 0 Å². The van der Waals surface area contributed by atoms with Gasteiger partial charge in [-0.05, 0) is 37.3 Å². The summed E-state index contributed by atoms with van der Waals surface area (Å²) in [5, 5.41) is 23.2. The lowest BCUT2D eigenvalue weighted by Crippen LogP contribution is -2.17. The number of nitrogens with one attached hydrogen (secondary N) is 2. The number of halogens is 1. The van der Waals surface area contributed by atoms with E-state index in [1.165, 1.54) is 18.2 Å². The van der Waals surface area contributed by atoms with Gasteiger partial charge >= 0.3 is 5.97 Å². The molecule has 11 heteroatoms. The molecule has 0 spiro atoms. The first kappa shape index (κ1) is 23.3. The van der Waals surface area contributed by atoms with Gasteiger partial charge in [0, 0.05) is 12.7 Å². The normalized spacial score (nSPS) is 10.6. The number of aromatic nitrogens is 3. The van der Waals surface area contributed by atoms with Crippen molar-refractivity contribution in [2.45, 2.75) is 18.5 Å². The minimum atomic E-state index is -1.12. The van der Waals surface area contributed by atoms with E-state index >= 15 is 0 Å². The van der Waals surface area contributed by atoms with Crippen LogP contribution >= 0.6 is 23.4 Å². The number of aromatic carboxylic acids is 1. The summed E-state index contributed by atoms with van der Waals surface area (Å²) in [7, 11) is 1.71. The highest BCUT2D eigenvalue weighted by molar-refractivity contribution is 7.99. The topological polar surface area (TPSA) is 126 Å². The minimum Gasteiger partial charge on any atom is -0.478 e. The van der Waals surface area contributed by atoms with Crippen LogP contribution in [0.15, 0.2) is 47.6 Å². The summed E-state index contributed by atoms with van der Waals surface area (Å²) < 4.78 is 1.64. The van der Waals surface area contributed by atoms with Gasteiger partial charge in [-0.2, -0.15) is 0 Å². The molecule has 3 aromatic rings. The maximum Gasteiger partial charge on any atom is 0.335 e.